The van der Waals surface area contributed by atoms with Crippen LogP contribution in [0.2, 0.25) is 0 Å². The second-order valence-electron chi connectivity index (χ2n) is 6.22. The highest BCUT2D eigenvalue weighted by Gasteiger charge is 2.23. The third-order valence-electron chi connectivity index (χ3n) is 4.69. The third-order valence-corrected chi connectivity index (χ3v) is 4.69. The SMILES string of the molecule is Nc1ccc2c(c1)c(=O)n(-c1ccccn1)n2C1CCCCC1. The quantitative estimate of drug-likeness (QED) is 0.739. The summed E-state index contributed by atoms with van der Waals surface area (Å²) in [4.78, 5) is 17.4. The highest BCUT2D eigenvalue weighted by molar-refractivity contribution is 5.82. The summed E-state index contributed by atoms with van der Waals surface area (Å²) in [6.45, 7) is 0. The number of pyridine rings is 1. The van der Waals surface area contributed by atoms with Crippen LogP contribution in [0.5, 0.6) is 0 Å². The van der Waals surface area contributed by atoms with E-state index in [4.69, 9.17) is 5.73 Å². The predicted octanol–water partition coefficient (Wildman–Crippen LogP) is 3.27. The maximum atomic E-state index is 13.0. The number of nitrogen functional groups attached to an aromatic ring is 1. The molecule has 1 aromatic carbocycles. The number of anilines is 1. The average Bonchev–Trinajstić information content (AvgIpc) is 2.89. The molecule has 0 unspecified atom stereocenters. The van der Waals surface area contributed by atoms with Gasteiger partial charge in [0.15, 0.2) is 5.82 Å². The third kappa shape index (κ3) is 2.32. The van der Waals surface area contributed by atoms with Crippen molar-refractivity contribution in [3.8, 4) is 5.82 Å². The lowest BCUT2D eigenvalue weighted by molar-refractivity contribution is 0.318. The summed E-state index contributed by atoms with van der Waals surface area (Å²) in [7, 11) is 0. The van der Waals surface area contributed by atoms with Crippen LogP contribution in [-0.2, 0) is 0 Å². The van der Waals surface area contributed by atoms with E-state index in [1.807, 2.05) is 30.3 Å². The molecular weight excluding hydrogens is 288 g/mol. The minimum atomic E-state index is -0.0448. The molecule has 1 aliphatic rings. The fourth-order valence-electron chi connectivity index (χ4n) is 3.62. The van der Waals surface area contributed by atoms with Crippen molar-refractivity contribution in [2.75, 3.05) is 5.73 Å². The van der Waals surface area contributed by atoms with Crippen molar-refractivity contribution in [1.82, 2.24) is 14.3 Å². The van der Waals surface area contributed by atoms with E-state index in [1.165, 1.54) is 19.3 Å². The largest absolute Gasteiger partial charge is 0.399 e. The molecule has 2 N–H and O–H groups in total. The number of hydrogen-bond donors (Lipinski definition) is 1. The molecule has 0 aliphatic heterocycles. The van der Waals surface area contributed by atoms with Crippen molar-refractivity contribution in [1.29, 1.82) is 0 Å². The number of hydrogen-bond acceptors (Lipinski definition) is 3. The number of nitrogens with two attached hydrogens (primary N) is 1. The molecule has 118 valence electrons. The van der Waals surface area contributed by atoms with Crippen LogP contribution in [0.15, 0.2) is 47.4 Å². The Hall–Kier alpha value is -2.56. The van der Waals surface area contributed by atoms with Crippen molar-refractivity contribution >= 4 is 16.6 Å². The van der Waals surface area contributed by atoms with Gasteiger partial charge in [0.1, 0.15) is 0 Å². The zero-order valence-electron chi connectivity index (χ0n) is 13.0. The van der Waals surface area contributed by atoms with Crippen LogP contribution in [0.25, 0.3) is 16.7 Å². The van der Waals surface area contributed by atoms with Gasteiger partial charge in [0.2, 0.25) is 0 Å². The van der Waals surface area contributed by atoms with Gasteiger partial charge in [-0.3, -0.25) is 9.48 Å². The number of benzene rings is 1. The van der Waals surface area contributed by atoms with Gasteiger partial charge in [-0.05, 0) is 43.2 Å². The van der Waals surface area contributed by atoms with Gasteiger partial charge in [-0.25, -0.2) is 4.98 Å². The van der Waals surface area contributed by atoms with E-state index >= 15 is 0 Å². The van der Waals surface area contributed by atoms with E-state index in [0.717, 1.165) is 18.4 Å². The topological polar surface area (TPSA) is 65.8 Å². The van der Waals surface area contributed by atoms with E-state index in [2.05, 4.69) is 9.67 Å². The zero-order valence-corrected chi connectivity index (χ0v) is 13.0. The first-order valence-electron chi connectivity index (χ1n) is 8.20. The van der Waals surface area contributed by atoms with E-state index in [1.54, 1.807) is 16.9 Å². The highest BCUT2D eigenvalue weighted by Crippen LogP contribution is 2.31. The lowest BCUT2D eigenvalue weighted by Crippen LogP contribution is -2.26. The van der Waals surface area contributed by atoms with Crippen LogP contribution in [0.3, 0.4) is 0 Å². The fourth-order valence-corrected chi connectivity index (χ4v) is 3.62. The molecule has 0 saturated heterocycles. The van der Waals surface area contributed by atoms with Gasteiger partial charge in [0.05, 0.1) is 16.9 Å². The van der Waals surface area contributed by atoms with Crippen LogP contribution in [0, 0.1) is 0 Å². The lowest BCUT2D eigenvalue weighted by Gasteiger charge is -2.26. The molecule has 1 aliphatic carbocycles. The number of rotatable bonds is 2. The number of aromatic nitrogens is 3. The molecule has 5 nitrogen and oxygen atoms in total. The molecule has 0 radical (unpaired) electrons. The summed E-state index contributed by atoms with van der Waals surface area (Å²) < 4.78 is 3.86. The Labute approximate surface area is 134 Å². The Bertz CT molecular complexity index is 889. The molecule has 0 amide bonds. The first-order valence-corrected chi connectivity index (χ1v) is 8.20. The van der Waals surface area contributed by atoms with Crippen molar-refractivity contribution in [3.63, 3.8) is 0 Å². The fraction of sp³-hybridized carbons (Fsp3) is 0.333. The second-order valence-corrected chi connectivity index (χ2v) is 6.22. The van der Waals surface area contributed by atoms with Gasteiger partial charge in [-0.1, -0.05) is 25.3 Å². The van der Waals surface area contributed by atoms with Crippen LogP contribution < -0.4 is 11.3 Å². The normalized spacial score (nSPS) is 16.0. The van der Waals surface area contributed by atoms with Gasteiger partial charge in [-0.2, -0.15) is 4.68 Å². The summed E-state index contributed by atoms with van der Waals surface area (Å²) in [6, 6.07) is 11.6. The van der Waals surface area contributed by atoms with Crippen LogP contribution in [0.4, 0.5) is 5.69 Å². The van der Waals surface area contributed by atoms with E-state index in [-0.39, 0.29) is 5.56 Å². The molecule has 2 heterocycles. The van der Waals surface area contributed by atoms with Crippen molar-refractivity contribution in [3.05, 3.63) is 52.9 Å². The monoisotopic (exact) mass is 308 g/mol. The van der Waals surface area contributed by atoms with Crippen LogP contribution in [0.1, 0.15) is 38.1 Å². The summed E-state index contributed by atoms with van der Waals surface area (Å²) in [5.74, 6) is 0.665. The highest BCUT2D eigenvalue weighted by atomic mass is 16.1. The zero-order chi connectivity index (χ0) is 15.8. The molecule has 0 bridgehead atoms. The molecule has 2 aromatic heterocycles. The van der Waals surface area contributed by atoms with Gasteiger partial charge < -0.3 is 5.73 Å². The maximum absolute atomic E-state index is 13.0. The van der Waals surface area contributed by atoms with E-state index in [9.17, 15) is 4.79 Å². The summed E-state index contributed by atoms with van der Waals surface area (Å²) in [5, 5.41) is 0.668. The molecule has 1 saturated carbocycles. The Morgan fingerprint density at radius 1 is 1.09 bits per heavy atom. The average molecular weight is 308 g/mol. The minimum Gasteiger partial charge on any atom is -0.399 e. The molecule has 23 heavy (non-hydrogen) atoms. The second kappa shape index (κ2) is 5.57. The molecule has 5 heteroatoms. The van der Waals surface area contributed by atoms with E-state index in [0.29, 0.717) is 22.9 Å². The predicted molar refractivity (Wildman–Crippen MR) is 91.9 cm³/mol. The van der Waals surface area contributed by atoms with Gasteiger partial charge >= 0.3 is 0 Å². The molecular formula is C18H20N4O. The van der Waals surface area contributed by atoms with Crippen molar-refractivity contribution < 1.29 is 0 Å². The molecule has 0 atom stereocenters. The van der Waals surface area contributed by atoms with Gasteiger partial charge in [0.25, 0.3) is 5.56 Å². The van der Waals surface area contributed by atoms with Crippen molar-refractivity contribution in [2.24, 2.45) is 0 Å². The Kier molecular flexibility index (Phi) is 3.41. The number of fused-ring (bicyclic) bond motifs is 1. The lowest BCUT2D eigenvalue weighted by atomic mass is 9.95. The summed E-state index contributed by atoms with van der Waals surface area (Å²) >= 11 is 0. The van der Waals surface area contributed by atoms with Crippen molar-refractivity contribution in [2.45, 2.75) is 38.1 Å². The Morgan fingerprint density at radius 3 is 2.65 bits per heavy atom. The minimum absolute atomic E-state index is 0.0448. The molecule has 0 spiro atoms. The van der Waals surface area contributed by atoms with Gasteiger partial charge in [0, 0.05) is 11.9 Å². The number of nitrogens with zero attached hydrogens (tertiary/aromatic N) is 3. The molecule has 3 aromatic rings. The first kappa shape index (κ1) is 14.1. The standard InChI is InChI=1S/C18H20N4O/c19-13-9-10-16-15(12-13)18(23)22(17-8-4-5-11-20-17)21(16)14-6-2-1-3-7-14/h4-5,8-12,14H,1-3,6-7,19H2. The first-order chi connectivity index (χ1) is 11.3. The maximum Gasteiger partial charge on any atom is 0.280 e. The van der Waals surface area contributed by atoms with Crippen LogP contribution >= 0.6 is 0 Å². The molecule has 4 rings (SSSR count). The Balaban J connectivity index is 2.03. The van der Waals surface area contributed by atoms with E-state index < -0.39 is 0 Å². The smallest absolute Gasteiger partial charge is 0.280 e. The summed E-state index contributed by atoms with van der Waals surface area (Å²) in [5.41, 5.74) is 7.41. The Morgan fingerprint density at radius 2 is 1.91 bits per heavy atom. The molecule has 1 fully saturated rings. The van der Waals surface area contributed by atoms with Crippen LogP contribution in [-0.4, -0.2) is 14.3 Å². The van der Waals surface area contributed by atoms with Gasteiger partial charge in [-0.15, -0.1) is 0 Å². The summed E-state index contributed by atoms with van der Waals surface area (Å²) in [6.07, 6.45) is 7.60.